The number of piperidine rings is 1. The third-order valence-electron chi connectivity index (χ3n) is 3.84. The first-order valence-electron chi connectivity index (χ1n) is 5.53. The Hall–Kier alpha value is -1.22. The lowest BCUT2D eigenvalue weighted by molar-refractivity contribution is 0.475. The maximum absolute atomic E-state index is 9.40. The van der Waals surface area contributed by atoms with Crippen LogP contribution in [0.25, 0.3) is 0 Å². The summed E-state index contributed by atoms with van der Waals surface area (Å²) in [6.07, 6.45) is 0. The first-order chi connectivity index (χ1) is 7.29. The van der Waals surface area contributed by atoms with E-state index in [0.717, 1.165) is 43.1 Å². The zero-order chi connectivity index (χ0) is 10.4. The van der Waals surface area contributed by atoms with E-state index in [4.69, 9.17) is 5.73 Å². The van der Waals surface area contributed by atoms with E-state index in [-0.39, 0.29) is 0 Å². The third kappa shape index (κ3) is 1.38. The fourth-order valence-electron chi connectivity index (χ4n) is 2.90. The van der Waals surface area contributed by atoms with Crippen LogP contribution >= 0.6 is 0 Å². The van der Waals surface area contributed by atoms with Gasteiger partial charge in [-0.3, -0.25) is 0 Å². The van der Waals surface area contributed by atoms with Gasteiger partial charge in [0.1, 0.15) is 5.75 Å². The van der Waals surface area contributed by atoms with Crippen LogP contribution in [0.4, 0.5) is 5.69 Å². The van der Waals surface area contributed by atoms with E-state index in [1.807, 2.05) is 12.1 Å². The highest BCUT2D eigenvalue weighted by Gasteiger charge is 2.54. The molecule has 1 saturated heterocycles. The summed E-state index contributed by atoms with van der Waals surface area (Å²) < 4.78 is 0. The Morgan fingerprint density at radius 2 is 2.07 bits per heavy atom. The van der Waals surface area contributed by atoms with Gasteiger partial charge in [-0.05, 0) is 36.4 Å². The van der Waals surface area contributed by atoms with Crippen molar-refractivity contribution in [2.24, 2.45) is 23.5 Å². The summed E-state index contributed by atoms with van der Waals surface area (Å²) in [4.78, 5) is 2.35. The topological polar surface area (TPSA) is 49.5 Å². The van der Waals surface area contributed by atoms with Crippen LogP contribution < -0.4 is 10.6 Å². The highest BCUT2D eigenvalue weighted by atomic mass is 16.3. The minimum atomic E-state index is 0.350. The number of hydrogen-bond donors (Lipinski definition) is 2. The summed E-state index contributed by atoms with van der Waals surface area (Å²) in [5, 5.41) is 9.40. The molecule has 0 bridgehead atoms. The first-order valence-corrected chi connectivity index (χ1v) is 5.53. The molecule has 2 fully saturated rings. The summed E-state index contributed by atoms with van der Waals surface area (Å²) in [7, 11) is 0. The van der Waals surface area contributed by atoms with Gasteiger partial charge >= 0.3 is 0 Å². The lowest BCUT2D eigenvalue weighted by atomic mass is 10.2. The van der Waals surface area contributed by atoms with Crippen molar-refractivity contribution < 1.29 is 5.11 Å². The molecule has 1 saturated carbocycles. The monoisotopic (exact) mass is 204 g/mol. The standard InChI is InChI=1S/C12H16N2O/c13-5-10-11-6-14(7-12(10)11)8-2-1-3-9(15)4-8/h1-4,10-12,15H,5-7,13H2. The largest absolute Gasteiger partial charge is 0.508 e. The van der Waals surface area contributed by atoms with Gasteiger partial charge in [0, 0.05) is 24.8 Å². The molecule has 2 atom stereocenters. The van der Waals surface area contributed by atoms with Crippen molar-refractivity contribution in [2.45, 2.75) is 0 Å². The zero-order valence-corrected chi connectivity index (χ0v) is 8.63. The predicted molar refractivity (Wildman–Crippen MR) is 59.8 cm³/mol. The molecule has 1 aromatic carbocycles. The Morgan fingerprint density at radius 3 is 2.67 bits per heavy atom. The van der Waals surface area contributed by atoms with Gasteiger partial charge in [0.2, 0.25) is 0 Å². The van der Waals surface area contributed by atoms with Gasteiger partial charge in [-0.1, -0.05) is 6.07 Å². The molecule has 0 aromatic heterocycles. The molecule has 3 heteroatoms. The fraction of sp³-hybridized carbons (Fsp3) is 0.500. The van der Waals surface area contributed by atoms with E-state index < -0.39 is 0 Å². The van der Waals surface area contributed by atoms with Crippen LogP contribution in [0.1, 0.15) is 0 Å². The van der Waals surface area contributed by atoms with Crippen molar-refractivity contribution in [3.05, 3.63) is 24.3 Å². The van der Waals surface area contributed by atoms with Crippen LogP contribution in [0.2, 0.25) is 0 Å². The van der Waals surface area contributed by atoms with Crippen molar-refractivity contribution >= 4 is 5.69 Å². The first kappa shape index (κ1) is 9.04. The average molecular weight is 204 g/mol. The van der Waals surface area contributed by atoms with Gasteiger partial charge in [0.15, 0.2) is 0 Å². The molecule has 1 heterocycles. The van der Waals surface area contributed by atoms with Gasteiger partial charge in [0.25, 0.3) is 0 Å². The number of phenolic OH excluding ortho intramolecular Hbond substituents is 1. The molecule has 1 aliphatic heterocycles. The Kier molecular flexibility index (Phi) is 1.89. The number of fused-ring (bicyclic) bond motifs is 1. The van der Waals surface area contributed by atoms with Crippen molar-refractivity contribution in [3.8, 4) is 5.75 Å². The SMILES string of the molecule is NCC1C2CN(c3cccc(O)c3)CC12. The minimum absolute atomic E-state index is 0.350. The highest BCUT2D eigenvalue weighted by molar-refractivity contribution is 5.52. The molecular weight excluding hydrogens is 188 g/mol. The fourth-order valence-corrected chi connectivity index (χ4v) is 2.90. The van der Waals surface area contributed by atoms with E-state index in [9.17, 15) is 5.11 Å². The van der Waals surface area contributed by atoms with Crippen LogP contribution in [0.3, 0.4) is 0 Å². The van der Waals surface area contributed by atoms with Crippen LogP contribution in [-0.2, 0) is 0 Å². The number of rotatable bonds is 2. The Labute approximate surface area is 89.5 Å². The molecule has 1 aromatic rings. The van der Waals surface area contributed by atoms with E-state index in [2.05, 4.69) is 11.0 Å². The molecule has 15 heavy (non-hydrogen) atoms. The van der Waals surface area contributed by atoms with Crippen molar-refractivity contribution in [2.75, 3.05) is 24.5 Å². The summed E-state index contributed by atoms with van der Waals surface area (Å²) in [5.74, 6) is 2.72. The van der Waals surface area contributed by atoms with Crippen molar-refractivity contribution in [3.63, 3.8) is 0 Å². The molecule has 0 amide bonds. The maximum atomic E-state index is 9.40. The molecule has 2 aliphatic rings. The third-order valence-corrected chi connectivity index (χ3v) is 3.84. The van der Waals surface area contributed by atoms with Crippen LogP contribution in [-0.4, -0.2) is 24.7 Å². The Morgan fingerprint density at radius 1 is 1.33 bits per heavy atom. The molecule has 3 N–H and O–H groups in total. The van der Waals surface area contributed by atoms with Crippen molar-refractivity contribution in [1.29, 1.82) is 0 Å². The van der Waals surface area contributed by atoms with Crippen LogP contribution in [0.5, 0.6) is 5.75 Å². The smallest absolute Gasteiger partial charge is 0.117 e. The number of nitrogens with zero attached hydrogens (tertiary/aromatic N) is 1. The second kappa shape index (κ2) is 3.14. The predicted octanol–water partition coefficient (Wildman–Crippen LogP) is 1.03. The number of anilines is 1. The van der Waals surface area contributed by atoms with Gasteiger partial charge in [-0.25, -0.2) is 0 Å². The second-order valence-corrected chi connectivity index (χ2v) is 4.65. The lowest BCUT2D eigenvalue weighted by Gasteiger charge is -2.21. The Bertz CT molecular complexity index is 368. The molecular formula is C12H16N2O. The molecule has 80 valence electrons. The van der Waals surface area contributed by atoms with Gasteiger partial charge in [-0.2, -0.15) is 0 Å². The van der Waals surface area contributed by atoms with Crippen molar-refractivity contribution in [1.82, 2.24) is 0 Å². The summed E-state index contributed by atoms with van der Waals surface area (Å²) >= 11 is 0. The minimum Gasteiger partial charge on any atom is -0.508 e. The van der Waals surface area contributed by atoms with E-state index >= 15 is 0 Å². The second-order valence-electron chi connectivity index (χ2n) is 4.65. The maximum Gasteiger partial charge on any atom is 0.117 e. The van der Waals surface area contributed by atoms with E-state index in [1.54, 1.807) is 6.07 Å². The summed E-state index contributed by atoms with van der Waals surface area (Å²) in [6, 6.07) is 7.50. The zero-order valence-electron chi connectivity index (χ0n) is 8.63. The lowest BCUT2D eigenvalue weighted by Crippen LogP contribution is -2.25. The summed E-state index contributed by atoms with van der Waals surface area (Å²) in [6.45, 7) is 3.05. The van der Waals surface area contributed by atoms with Crippen LogP contribution in [0.15, 0.2) is 24.3 Å². The number of aromatic hydroxyl groups is 1. The number of nitrogens with two attached hydrogens (primary N) is 1. The van der Waals surface area contributed by atoms with E-state index in [1.165, 1.54) is 0 Å². The van der Waals surface area contributed by atoms with Gasteiger partial charge in [0.05, 0.1) is 0 Å². The Balaban J connectivity index is 1.72. The number of hydrogen-bond acceptors (Lipinski definition) is 3. The quantitative estimate of drug-likeness (QED) is 0.756. The molecule has 3 nitrogen and oxygen atoms in total. The molecule has 0 radical (unpaired) electrons. The average Bonchev–Trinajstić information content (AvgIpc) is 2.70. The number of phenols is 1. The molecule has 3 rings (SSSR count). The normalized spacial score (nSPS) is 32.9. The van der Waals surface area contributed by atoms with E-state index in [0.29, 0.717) is 5.75 Å². The number of benzene rings is 1. The summed E-state index contributed by atoms with van der Waals surface area (Å²) in [5.41, 5.74) is 6.81. The highest BCUT2D eigenvalue weighted by Crippen LogP contribution is 2.51. The van der Waals surface area contributed by atoms with Gasteiger partial charge in [-0.15, -0.1) is 0 Å². The van der Waals surface area contributed by atoms with Gasteiger partial charge < -0.3 is 15.7 Å². The van der Waals surface area contributed by atoms with Crippen LogP contribution in [0, 0.1) is 17.8 Å². The molecule has 0 spiro atoms. The molecule has 2 unspecified atom stereocenters. The molecule has 1 aliphatic carbocycles.